The summed E-state index contributed by atoms with van der Waals surface area (Å²) in [5.74, 6) is -0.0996. The van der Waals surface area contributed by atoms with Gasteiger partial charge in [0.15, 0.2) is 0 Å². The van der Waals surface area contributed by atoms with Crippen LogP contribution in [0.5, 0.6) is 0 Å². The molecular weight excluding hydrogens is 300 g/mol. The number of rotatable bonds is 8. The van der Waals surface area contributed by atoms with Gasteiger partial charge in [0, 0.05) is 32.3 Å². The number of nitro groups is 1. The summed E-state index contributed by atoms with van der Waals surface area (Å²) in [4.78, 5) is 22.0. The van der Waals surface area contributed by atoms with Crippen LogP contribution < -0.4 is 5.32 Å². The summed E-state index contributed by atoms with van der Waals surface area (Å²) in [5.41, 5.74) is 1.29. The molecular formula is C14H20N6O3. The fourth-order valence-corrected chi connectivity index (χ4v) is 2.16. The molecule has 9 heteroatoms. The van der Waals surface area contributed by atoms with E-state index in [9.17, 15) is 14.9 Å². The Kier molecular flexibility index (Phi) is 5.45. The molecule has 0 aliphatic heterocycles. The van der Waals surface area contributed by atoms with Crippen molar-refractivity contribution in [3.05, 3.63) is 40.0 Å². The Morgan fingerprint density at radius 3 is 2.70 bits per heavy atom. The highest BCUT2D eigenvalue weighted by molar-refractivity contribution is 5.75. The van der Waals surface area contributed by atoms with Gasteiger partial charge in [-0.05, 0) is 26.3 Å². The van der Waals surface area contributed by atoms with E-state index >= 15 is 0 Å². The van der Waals surface area contributed by atoms with Crippen LogP contribution >= 0.6 is 0 Å². The van der Waals surface area contributed by atoms with Crippen molar-refractivity contribution in [3.8, 4) is 0 Å². The third kappa shape index (κ3) is 4.90. The molecule has 0 fully saturated rings. The molecule has 0 spiro atoms. The third-order valence-electron chi connectivity index (χ3n) is 3.35. The Labute approximate surface area is 133 Å². The van der Waals surface area contributed by atoms with E-state index in [1.165, 1.54) is 10.9 Å². The Balaban J connectivity index is 1.67. The predicted octanol–water partition coefficient (Wildman–Crippen LogP) is 1.20. The van der Waals surface area contributed by atoms with Crippen LogP contribution in [-0.4, -0.2) is 36.9 Å². The van der Waals surface area contributed by atoms with Gasteiger partial charge < -0.3 is 5.32 Å². The van der Waals surface area contributed by atoms with Crippen molar-refractivity contribution in [3.63, 3.8) is 0 Å². The van der Waals surface area contributed by atoms with E-state index in [4.69, 9.17) is 0 Å². The second-order valence-corrected chi connectivity index (χ2v) is 5.29. The minimum atomic E-state index is -0.476. The van der Waals surface area contributed by atoms with Crippen molar-refractivity contribution in [2.24, 2.45) is 0 Å². The van der Waals surface area contributed by atoms with E-state index in [-0.39, 0.29) is 18.0 Å². The second-order valence-electron chi connectivity index (χ2n) is 5.29. The topological polar surface area (TPSA) is 108 Å². The molecule has 0 atom stereocenters. The van der Waals surface area contributed by atoms with Crippen LogP contribution in [0.2, 0.25) is 0 Å². The minimum Gasteiger partial charge on any atom is -0.356 e. The van der Waals surface area contributed by atoms with Crippen LogP contribution in [0, 0.1) is 24.0 Å². The number of aromatic nitrogens is 4. The normalized spacial score (nSPS) is 10.7. The molecule has 23 heavy (non-hydrogen) atoms. The van der Waals surface area contributed by atoms with Crippen molar-refractivity contribution >= 4 is 11.6 Å². The van der Waals surface area contributed by atoms with Crippen molar-refractivity contribution in [1.82, 2.24) is 24.9 Å². The molecule has 0 aliphatic rings. The lowest BCUT2D eigenvalue weighted by molar-refractivity contribution is -0.385. The fourth-order valence-electron chi connectivity index (χ4n) is 2.16. The monoisotopic (exact) mass is 320 g/mol. The van der Waals surface area contributed by atoms with Crippen LogP contribution in [0.1, 0.15) is 24.2 Å². The van der Waals surface area contributed by atoms with Crippen LogP contribution in [-0.2, 0) is 17.9 Å². The summed E-state index contributed by atoms with van der Waals surface area (Å²) in [6.45, 7) is 5.14. The SMILES string of the molecule is Cc1ccn(CCCNC(=O)CCn2cc([N+](=O)[O-])c(C)n2)n1. The van der Waals surface area contributed by atoms with Crippen LogP contribution in [0.3, 0.4) is 0 Å². The highest BCUT2D eigenvalue weighted by Gasteiger charge is 2.15. The second kappa shape index (κ2) is 7.52. The third-order valence-corrected chi connectivity index (χ3v) is 3.35. The molecule has 124 valence electrons. The number of nitrogens with zero attached hydrogens (tertiary/aromatic N) is 5. The van der Waals surface area contributed by atoms with E-state index in [0.29, 0.717) is 18.8 Å². The van der Waals surface area contributed by atoms with Crippen molar-refractivity contribution in [1.29, 1.82) is 0 Å². The first-order chi connectivity index (χ1) is 11.0. The molecule has 0 saturated carbocycles. The van der Waals surface area contributed by atoms with Crippen LogP contribution in [0.25, 0.3) is 0 Å². The summed E-state index contributed by atoms with van der Waals surface area (Å²) in [7, 11) is 0. The average Bonchev–Trinajstić information content (AvgIpc) is 3.07. The zero-order chi connectivity index (χ0) is 16.8. The first-order valence-corrected chi connectivity index (χ1v) is 7.41. The molecule has 2 aromatic rings. The van der Waals surface area contributed by atoms with Crippen molar-refractivity contribution < 1.29 is 9.72 Å². The Morgan fingerprint density at radius 1 is 1.30 bits per heavy atom. The molecule has 0 aliphatic carbocycles. The number of hydrogen-bond acceptors (Lipinski definition) is 5. The summed E-state index contributed by atoms with van der Waals surface area (Å²) in [6, 6.07) is 1.93. The summed E-state index contributed by atoms with van der Waals surface area (Å²) < 4.78 is 3.27. The molecule has 1 amide bonds. The highest BCUT2D eigenvalue weighted by Crippen LogP contribution is 2.14. The van der Waals surface area contributed by atoms with Gasteiger partial charge in [0.1, 0.15) is 11.9 Å². The molecule has 0 bridgehead atoms. The Hall–Kier alpha value is -2.71. The van der Waals surface area contributed by atoms with Gasteiger partial charge in [-0.15, -0.1) is 0 Å². The number of carbonyl (C=O) groups is 1. The zero-order valence-electron chi connectivity index (χ0n) is 13.2. The number of hydrogen-bond donors (Lipinski definition) is 1. The molecule has 1 N–H and O–H groups in total. The molecule has 2 aromatic heterocycles. The van der Waals surface area contributed by atoms with Crippen molar-refractivity contribution in [2.75, 3.05) is 6.54 Å². The van der Waals surface area contributed by atoms with Gasteiger partial charge in [0.2, 0.25) is 5.91 Å². The molecule has 0 aromatic carbocycles. The molecule has 0 saturated heterocycles. The van der Waals surface area contributed by atoms with Gasteiger partial charge >= 0.3 is 5.69 Å². The number of aryl methyl sites for hydroxylation is 4. The van der Waals surface area contributed by atoms with Gasteiger partial charge in [-0.3, -0.25) is 24.3 Å². The zero-order valence-corrected chi connectivity index (χ0v) is 13.2. The first kappa shape index (κ1) is 16.7. The Morgan fingerprint density at radius 2 is 2.09 bits per heavy atom. The smallest absolute Gasteiger partial charge is 0.309 e. The van der Waals surface area contributed by atoms with Gasteiger partial charge in [-0.2, -0.15) is 10.2 Å². The summed E-state index contributed by atoms with van der Waals surface area (Å²) in [5, 5.41) is 21.8. The molecule has 2 rings (SSSR count). The van der Waals surface area contributed by atoms with Gasteiger partial charge in [-0.25, -0.2) is 0 Å². The fraction of sp³-hybridized carbons (Fsp3) is 0.500. The Bertz CT molecular complexity index is 690. The van der Waals surface area contributed by atoms with E-state index in [1.54, 1.807) is 6.92 Å². The number of nitrogens with one attached hydrogen (secondary N) is 1. The van der Waals surface area contributed by atoms with Gasteiger partial charge in [-0.1, -0.05) is 0 Å². The average molecular weight is 320 g/mol. The van der Waals surface area contributed by atoms with Crippen LogP contribution in [0.15, 0.2) is 18.5 Å². The highest BCUT2D eigenvalue weighted by atomic mass is 16.6. The molecule has 0 radical (unpaired) electrons. The maximum atomic E-state index is 11.7. The quantitative estimate of drug-likeness (QED) is 0.447. The standard InChI is InChI=1S/C14H20N6O3/c1-11-4-8-18(16-11)7-3-6-15-14(21)5-9-19-10-13(20(22)23)12(2)17-19/h4,8,10H,3,5-7,9H2,1-2H3,(H,15,21). The number of amides is 1. The largest absolute Gasteiger partial charge is 0.356 e. The lowest BCUT2D eigenvalue weighted by Crippen LogP contribution is -2.26. The first-order valence-electron chi connectivity index (χ1n) is 7.41. The molecule has 2 heterocycles. The summed E-state index contributed by atoms with van der Waals surface area (Å²) >= 11 is 0. The van der Waals surface area contributed by atoms with E-state index < -0.39 is 4.92 Å². The lowest BCUT2D eigenvalue weighted by atomic mass is 10.3. The lowest BCUT2D eigenvalue weighted by Gasteiger charge is -2.05. The molecule has 9 nitrogen and oxygen atoms in total. The van der Waals surface area contributed by atoms with E-state index in [1.807, 2.05) is 23.9 Å². The number of carbonyl (C=O) groups excluding carboxylic acids is 1. The van der Waals surface area contributed by atoms with E-state index in [0.717, 1.165) is 18.7 Å². The van der Waals surface area contributed by atoms with Gasteiger partial charge in [0.25, 0.3) is 0 Å². The molecule has 0 unspecified atom stereocenters. The maximum Gasteiger partial charge on any atom is 0.309 e. The van der Waals surface area contributed by atoms with Crippen LogP contribution in [0.4, 0.5) is 5.69 Å². The maximum absolute atomic E-state index is 11.7. The minimum absolute atomic E-state index is 0.0278. The summed E-state index contributed by atoms with van der Waals surface area (Å²) in [6.07, 6.45) is 4.28. The van der Waals surface area contributed by atoms with Gasteiger partial charge in [0.05, 0.1) is 10.6 Å². The predicted molar refractivity (Wildman–Crippen MR) is 82.8 cm³/mol. The van der Waals surface area contributed by atoms with Crippen molar-refractivity contribution in [2.45, 2.75) is 39.8 Å². The van der Waals surface area contributed by atoms with E-state index in [2.05, 4.69) is 15.5 Å².